The number of hydrogen-bond acceptors (Lipinski definition) is 8. The van der Waals surface area contributed by atoms with E-state index in [-0.39, 0.29) is 36.1 Å². The van der Waals surface area contributed by atoms with Crippen LogP contribution in [0.1, 0.15) is 105 Å². The van der Waals surface area contributed by atoms with Crippen LogP contribution < -0.4 is 0 Å². The van der Waals surface area contributed by atoms with Gasteiger partial charge >= 0.3 is 5.97 Å². The second-order valence-electron chi connectivity index (χ2n) is 14.5. The van der Waals surface area contributed by atoms with Gasteiger partial charge in [0.25, 0.3) is 0 Å². The van der Waals surface area contributed by atoms with E-state index in [9.17, 15) is 24.9 Å². The van der Waals surface area contributed by atoms with Gasteiger partial charge in [0.2, 0.25) is 0 Å². The minimum Gasteiger partial charge on any atom is -0.461 e. The zero-order valence-electron chi connectivity index (χ0n) is 30.0. The average Bonchev–Trinajstić information content (AvgIpc) is 3.71. The summed E-state index contributed by atoms with van der Waals surface area (Å²) in [5.74, 6) is -0.226. The Morgan fingerprint density at radius 3 is 2.38 bits per heavy atom. The minimum atomic E-state index is -0.572. The molecular formula is C44H51NO6S. The molecule has 2 aromatic heterocycles. The largest absolute Gasteiger partial charge is 0.461 e. The number of aliphatic hydroxyl groups excluding tert-OH is 3. The smallest absolute Gasteiger partial charge is 0.306 e. The van der Waals surface area contributed by atoms with E-state index < -0.39 is 18.3 Å². The number of ketones is 1. The van der Waals surface area contributed by atoms with Gasteiger partial charge in [0.15, 0.2) is 0 Å². The Hall–Kier alpha value is -3.95. The molecule has 5 aromatic rings. The molecule has 1 aliphatic carbocycles. The van der Waals surface area contributed by atoms with Crippen molar-refractivity contribution in [2.45, 2.75) is 108 Å². The Morgan fingerprint density at radius 1 is 0.846 bits per heavy atom. The number of ether oxygens (including phenoxy) is 1. The lowest BCUT2D eigenvalue weighted by Gasteiger charge is -2.24. The van der Waals surface area contributed by atoms with E-state index in [4.69, 9.17) is 4.74 Å². The summed E-state index contributed by atoms with van der Waals surface area (Å²) in [6, 6.07) is 26.0. The number of fused-ring (bicyclic) bond motifs is 2. The lowest BCUT2D eigenvalue weighted by Crippen LogP contribution is -2.23. The van der Waals surface area contributed by atoms with Gasteiger partial charge in [0, 0.05) is 46.1 Å². The van der Waals surface area contributed by atoms with Gasteiger partial charge in [-0.25, -0.2) is 0 Å². The molecule has 0 amide bonds. The fraction of sp³-hybridized carbons (Fsp3) is 0.432. The topological polar surface area (TPSA) is 117 Å². The Labute approximate surface area is 310 Å². The molecule has 0 radical (unpaired) electrons. The molecule has 0 spiro atoms. The summed E-state index contributed by atoms with van der Waals surface area (Å²) in [5.41, 5.74) is 2.87. The van der Waals surface area contributed by atoms with Gasteiger partial charge in [-0.15, -0.1) is 11.3 Å². The Bertz CT molecular complexity index is 1890. The van der Waals surface area contributed by atoms with Crippen molar-refractivity contribution in [3.8, 4) is 0 Å². The first kappa shape index (κ1) is 37.8. The number of carbonyl (C=O) groups is 2. The highest BCUT2D eigenvalue weighted by Crippen LogP contribution is 2.41. The van der Waals surface area contributed by atoms with Crippen molar-refractivity contribution in [3.63, 3.8) is 0 Å². The molecule has 0 bridgehead atoms. The summed E-state index contributed by atoms with van der Waals surface area (Å²) >= 11 is 1.61. The quantitative estimate of drug-likeness (QED) is 0.0611. The molecule has 1 fully saturated rings. The molecule has 2 unspecified atom stereocenters. The molecule has 274 valence electrons. The Morgan fingerprint density at radius 2 is 1.60 bits per heavy atom. The highest BCUT2D eigenvalue weighted by Gasteiger charge is 2.41. The first-order valence-corrected chi connectivity index (χ1v) is 19.7. The van der Waals surface area contributed by atoms with Crippen molar-refractivity contribution < 1.29 is 29.6 Å². The molecule has 52 heavy (non-hydrogen) atoms. The third-order valence-corrected chi connectivity index (χ3v) is 12.1. The molecular weight excluding hydrogens is 671 g/mol. The fourth-order valence-corrected chi connectivity index (χ4v) is 9.03. The van der Waals surface area contributed by atoms with Crippen LogP contribution in [0.3, 0.4) is 0 Å². The maximum Gasteiger partial charge on any atom is 0.306 e. The van der Waals surface area contributed by atoms with Crippen molar-refractivity contribution in [1.82, 2.24) is 4.98 Å². The van der Waals surface area contributed by atoms with Crippen molar-refractivity contribution in [1.29, 1.82) is 0 Å². The van der Waals surface area contributed by atoms with Crippen molar-refractivity contribution in [2.24, 2.45) is 11.8 Å². The lowest BCUT2D eigenvalue weighted by molar-refractivity contribution is -0.145. The predicted octanol–water partition coefficient (Wildman–Crippen LogP) is 9.01. The van der Waals surface area contributed by atoms with Crippen LogP contribution in [0.2, 0.25) is 0 Å². The fourth-order valence-electron chi connectivity index (χ4n) is 7.94. The first-order chi connectivity index (χ1) is 25.3. The second kappa shape index (κ2) is 18.2. The average molecular weight is 722 g/mol. The van der Waals surface area contributed by atoms with Gasteiger partial charge in [-0.3, -0.25) is 14.6 Å². The number of carbonyl (C=O) groups excluding carboxylic acids is 2. The summed E-state index contributed by atoms with van der Waals surface area (Å²) < 4.78 is 6.71. The van der Waals surface area contributed by atoms with E-state index in [0.717, 1.165) is 74.5 Å². The van der Waals surface area contributed by atoms with E-state index in [1.807, 2.05) is 67.7 Å². The molecule has 1 saturated carbocycles. The molecule has 2 heterocycles. The zero-order valence-corrected chi connectivity index (χ0v) is 30.8. The molecule has 7 nitrogen and oxygen atoms in total. The normalized spacial score (nSPS) is 19.9. The van der Waals surface area contributed by atoms with Gasteiger partial charge in [0.05, 0.1) is 18.3 Å². The van der Waals surface area contributed by atoms with Crippen LogP contribution in [-0.2, 0) is 27.4 Å². The predicted molar refractivity (Wildman–Crippen MR) is 207 cm³/mol. The minimum absolute atomic E-state index is 0.0225. The molecule has 8 heteroatoms. The molecule has 1 aliphatic rings. The van der Waals surface area contributed by atoms with E-state index in [2.05, 4.69) is 29.2 Å². The number of nitrogens with zero attached hydrogens (tertiary/aromatic N) is 1. The monoisotopic (exact) mass is 721 g/mol. The number of Topliss-reactive ketones (excluding diaryl/α,β-unsaturated/α-hetero) is 1. The number of aliphatic hydroxyl groups is 3. The van der Waals surface area contributed by atoms with Gasteiger partial charge in [0.1, 0.15) is 12.4 Å². The number of hydrogen-bond donors (Lipinski definition) is 3. The molecule has 3 aromatic carbocycles. The van der Waals surface area contributed by atoms with Crippen molar-refractivity contribution >= 4 is 43.9 Å². The van der Waals surface area contributed by atoms with Crippen LogP contribution in [0.15, 0.2) is 91.3 Å². The SMILES string of the molecule is CCC(C(=O)Cc1ccc2cnccc2c1)c1ccc(COC(=O)CCCCCCC2[C@@H](CC[C@@H](O)c3cc4ccccc4s3)[C@H](O)C[C@@H]2O)cc1. The summed E-state index contributed by atoms with van der Waals surface area (Å²) in [6.07, 6.45) is 9.37. The zero-order chi connectivity index (χ0) is 36.5. The van der Waals surface area contributed by atoms with Crippen LogP contribution >= 0.6 is 11.3 Å². The number of esters is 1. The van der Waals surface area contributed by atoms with Gasteiger partial charge in [-0.2, -0.15) is 0 Å². The first-order valence-electron chi connectivity index (χ1n) is 18.9. The van der Waals surface area contributed by atoms with Gasteiger partial charge in [-0.05, 0) is 96.0 Å². The van der Waals surface area contributed by atoms with Crippen molar-refractivity contribution in [3.05, 3.63) is 113 Å². The maximum absolute atomic E-state index is 13.3. The highest BCUT2D eigenvalue weighted by molar-refractivity contribution is 7.19. The van der Waals surface area contributed by atoms with Gasteiger partial charge < -0.3 is 20.1 Å². The van der Waals surface area contributed by atoms with E-state index >= 15 is 0 Å². The summed E-state index contributed by atoms with van der Waals surface area (Å²) in [7, 11) is 0. The lowest BCUT2D eigenvalue weighted by atomic mass is 9.84. The Balaban J connectivity index is 0.872. The number of benzene rings is 3. The summed E-state index contributed by atoms with van der Waals surface area (Å²) in [4.78, 5) is 30.8. The highest BCUT2D eigenvalue weighted by atomic mass is 32.1. The number of unbranched alkanes of at least 4 members (excludes halogenated alkanes) is 3. The van der Waals surface area contributed by atoms with E-state index in [0.29, 0.717) is 38.5 Å². The van der Waals surface area contributed by atoms with Crippen LogP contribution in [0.5, 0.6) is 0 Å². The molecule has 6 atom stereocenters. The maximum atomic E-state index is 13.3. The third kappa shape index (κ3) is 9.72. The van der Waals surface area contributed by atoms with E-state index in [1.54, 1.807) is 17.5 Å². The standard InChI is InChI=1S/C44H51NO6S/c1-2-35(39(47)24-30-15-18-34-27-45-22-21-32(34)23-30)31-16-13-29(14-17-31)28-51-44(50)12-6-4-3-5-10-36-37(41(49)26-40(36)48)19-20-38(46)43-25-33-9-7-8-11-42(33)52-43/h7-9,11,13-18,21-23,25,27,35-38,40-41,46,48-49H,2-6,10,12,19-20,24,26,28H2,1H3/t35?,36?,37-,38-,40+,41-/m1/s1. The number of rotatable bonds is 18. The molecule has 0 aliphatic heterocycles. The van der Waals surface area contributed by atoms with E-state index in [1.165, 1.54) is 0 Å². The number of pyridine rings is 1. The number of aromatic nitrogens is 1. The van der Waals surface area contributed by atoms with Crippen LogP contribution in [0.4, 0.5) is 0 Å². The summed E-state index contributed by atoms with van der Waals surface area (Å²) in [6.45, 7) is 2.24. The molecule has 0 saturated heterocycles. The number of thiophene rings is 1. The van der Waals surface area contributed by atoms with Gasteiger partial charge in [-0.1, -0.05) is 86.8 Å². The van der Waals surface area contributed by atoms with Crippen LogP contribution in [0.25, 0.3) is 20.9 Å². The van der Waals surface area contributed by atoms with Crippen LogP contribution in [-0.4, -0.2) is 44.3 Å². The Kier molecular flexibility index (Phi) is 13.2. The molecule has 3 N–H and O–H groups in total. The summed E-state index contributed by atoms with van der Waals surface area (Å²) in [5, 5.41) is 35.6. The third-order valence-electron chi connectivity index (χ3n) is 10.9. The molecule has 6 rings (SSSR count). The second-order valence-corrected chi connectivity index (χ2v) is 15.6. The van der Waals surface area contributed by atoms with Crippen LogP contribution in [0, 0.1) is 11.8 Å². The van der Waals surface area contributed by atoms with Crippen molar-refractivity contribution in [2.75, 3.05) is 0 Å².